The molecule has 0 atom stereocenters. The second kappa shape index (κ2) is 5.15. The average molecular weight is 258 g/mol. The van der Waals surface area contributed by atoms with Gasteiger partial charge in [-0.25, -0.2) is 4.68 Å². The lowest BCUT2D eigenvalue weighted by atomic mass is 10.3. The monoisotopic (exact) mass is 258 g/mol. The molecule has 1 aliphatic rings. The number of carbonyl (C=O) groups is 1. The predicted molar refractivity (Wildman–Crippen MR) is 67.4 cm³/mol. The Morgan fingerprint density at radius 2 is 2.37 bits per heavy atom. The lowest BCUT2D eigenvalue weighted by Gasteiger charge is -2.25. The highest BCUT2D eigenvalue weighted by atomic mass is 16.2. The second-order valence-electron chi connectivity index (χ2n) is 4.43. The molecule has 0 aliphatic carbocycles. The van der Waals surface area contributed by atoms with Crippen LogP contribution in [0.5, 0.6) is 0 Å². The molecule has 2 aromatic heterocycles. The fourth-order valence-electron chi connectivity index (χ4n) is 2.04. The summed E-state index contributed by atoms with van der Waals surface area (Å²) in [6, 6.07) is 3.77. The zero-order valence-corrected chi connectivity index (χ0v) is 10.4. The van der Waals surface area contributed by atoms with Gasteiger partial charge in [0, 0.05) is 25.8 Å². The number of carbonyl (C=O) groups excluding carboxylic acids is 1. The van der Waals surface area contributed by atoms with Crippen molar-refractivity contribution in [2.75, 3.05) is 19.6 Å². The number of nitrogens with one attached hydrogen (secondary N) is 1. The van der Waals surface area contributed by atoms with Crippen molar-refractivity contribution in [3.8, 4) is 5.69 Å². The molecule has 98 valence electrons. The molecule has 2 aromatic rings. The fraction of sp³-hybridized carbons (Fsp3) is 0.333. The van der Waals surface area contributed by atoms with E-state index in [9.17, 15) is 4.79 Å². The smallest absolute Gasteiger partial charge is 0.234 e. The molecule has 1 fully saturated rings. The highest BCUT2D eigenvalue weighted by Crippen LogP contribution is 2.07. The Labute approximate surface area is 110 Å². The van der Waals surface area contributed by atoms with Crippen molar-refractivity contribution in [2.45, 2.75) is 6.54 Å². The molecule has 0 unspecified atom stereocenters. The van der Waals surface area contributed by atoms with Gasteiger partial charge in [-0.1, -0.05) is 5.21 Å². The summed E-state index contributed by atoms with van der Waals surface area (Å²) in [4.78, 5) is 17.4. The maximum atomic E-state index is 11.3. The molecule has 19 heavy (non-hydrogen) atoms. The first kappa shape index (κ1) is 11.8. The van der Waals surface area contributed by atoms with E-state index < -0.39 is 0 Å². The predicted octanol–water partition coefficient (Wildman–Crippen LogP) is -0.406. The molecule has 1 aliphatic heterocycles. The molecule has 1 amide bonds. The van der Waals surface area contributed by atoms with Gasteiger partial charge in [-0.05, 0) is 12.1 Å². The minimum Gasteiger partial charge on any atom is -0.354 e. The molecule has 3 rings (SSSR count). The molecule has 0 radical (unpaired) electrons. The van der Waals surface area contributed by atoms with Crippen molar-refractivity contribution >= 4 is 5.91 Å². The summed E-state index contributed by atoms with van der Waals surface area (Å²) in [5, 5.41) is 11.0. The zero-order valence-electron chi connectivity index (χ0n) is 10.4. The van der Waals surface area contributed by atoms with Crippen molar-refractivity contribution in [3.05, 3.63) is 36.4 Å². The van der Waals surface area contributed by atoms with Crippen LogP contribution < -0.4 is 5.32 Å². The van der Waals surface area contributed by atoms with Crippen molar-refractivity contribution in [1.82, 2.24) is 30.2 Å². The Morgan fingerprint density at radius 1 is 1.42 bits per heavy atom. The first-order chi connectivity index (χ1) is 9.31. The molecule has 0 saturated carbocycles. The van der Waals surface area contributed by atoms with Crippen LogP contribution in [0.2, 0.25) is 0 Å². The van der Waals surface area contributed by atoms with Gasteiger partial charge in [0.05, 0.1) is 30.3 Å². The van der Waals surface area contributed by atoms with Gasteiger partial charge in [0.15, 0.2) is 0 Å². The highest BCUT2D eigenvalue weighted by molar-refractivity contribution is 5.78. The van der Waals surface area contributed by atoms with E-state index in [2.05, 4.69) is 25.5 Å². The zero-order chi connectivity index (χ0) is 13.1. The minimum absolute atomic E-state index is 0.0610. The van der Waals surface area contributed by atoms with Crippen molar-refractivity contribution < 1.29 is 4.79 Å². The van der Waals surface area contributed by atoms with Gasteiger partial charge in [0.1, 0.15) is 0 Å². The maximum Gasteiger partial charge on any atom is 0.234 e. The number of amides is 1. The normalized spacial score (nSPS) is 16.3. The van der Waals surface area contributed by atoms with Crippen molar-refractivity contribution in [2.24, 2.45) is 0 Å². The molecular formula is C12H14N6O. The molecule has 3 heterocycles. The number of hydrogen-bond acceptors (Lipinski definition) is 5. The van der Waals surface area contributed by atoms with Gasteiger partial charge >= 0.3 is 0 Å². The van der Waals surface area contributed by atoms with E-state index >= 15 is 0 Å². The molecule has 0 aromatic carbocycles. The van der Waals surface area contributed by atoms with E-state index in [1.54, 1.807) is 17.1 Å². The summed E-state index contributed by atoms with van der Waals surface area (Å²) in [5.74, 6) is 0.0610. The summed E-state index contributed by atoms with van der Waals surface area (Å²) in [7, 11) is 0. The van der Waals surface area contributed by atoms with E-state index in [4.69, 9.17) is 0 Å². The van der Waals surface area contributed by atoms with Crippen molar-refractivity contribution in [1.29, 1.82) is 0 Å². The van der Waals surface area contributed by atoms with Crippen LogP contribution in [0, 0.1) is 0 Å². The molecule has 0 bridgehead atoms. The van der Waals surface area contributed by atoms with Crippen LogP contribution in [-0.2, 0) is 11.3 Å². The number of piperazine rings is 1. The van der Waals surface area contributed by atoms with Crippen LogP contribution in [0.1, 0.15) is 5.69 Å². The van der Waals surface area contributed by atoms with Gasteiger partial charge in [0.2, 0.25) is 5.91 Å². The Bertz CT molecular complexity index is 567. The molecule has 7 heteroatoms. The Hall–Kier alpha value is -2.28. The molecular weight excluding hydrogens is 244 g/mol. The number of pyridine rings is 1. The standard InChI is InChI=1S/C12H14N6O/c19-12-9-17(5-4-14-12)7-10-8-18(16-15-10)11-2-1-3-13-6-11/h1-3,6,8H,4-5,7,9H2,(H,14,19). The first-order valence-electron chi connectivity index (χ1n) is 6.12. The SMILES string of the molecule is O=C1CN(Cc2cn(-c3cccnc3)nn2)CCN1. The quantitative estimate of drug-likeness (QED) is 0.810. The molecule has 7 nitrogen and oxygen atoms in total. The van der Waals surface area contributed by atoms with Crippen LogP contribution in [0.25, 0.3) is 5.69 Å². The van der Waals surface area contributed by atoms with E-state index in [0.29, 0.717) is 19.6 Å². The number of nitrogens with zero attached hydrogens (tertiary/aromatic N) is 5. The number of rotatable bonds is 3. The largest absolute Gasteiger partial charge is 0.354 e. The lowest BCUT2D eigenvalue weighted by Crippen LogP contribution is -2.47. The van der Waals surface area contributed by atoms with Crippen LogP contribution in [0.4, 0.5) is 0 Å². The molecule has 0 spiro atoms. The van der Waals surface area contributed by atoms with E-state index in [-0.39, 0.29) is 5.91 Å². The van der Waals surface area contributed by atoms with Crippen LogP contribution in [0.3, 0.4) is 0 Å². The first-order valence-corrected chi connectivity index (χ1v) is 6.12. The maximum absolute atomic E-state index is 11.3. The van der Waals surface area contributed by atoms with E-state index in [1.165, 1.54) is 0 Å². The van der Waals surface area contributed by atoms with Crippen molar-refractivity contribution in [3.63, 3.8) is 0 Å². The average Bonchev–Trinajstić information content (AvgIpc) is 2.88. The highest BCUT2D eigenvalue weighted by Gasteiger charge is 2.17. The fourth-order valence-corrected chi connectivity index (χ4v) is 2.04. The third-order valence-electron chi connectivity index (χ3n) is 2.95. The Balaban J connectivity index is 1.70. The van der Waals surface area contributed by atoms with Gasteiger partial charge in [-0.3, -0.25) is 14.7 Å². The minimum atomic E-state index is 0.0610. The van der Waals surface area contributed by atoms with Gasteiger partial charge in [-0.15, -0.1) is 5.10 Å². The summed E-state index contributed by atoms with van der Waals surface area (Å²) < 4.78 is 1.69. The summed E-state index contributed by atoms with van der Waals surface area (Å²) >= 11 is 0. The van der Waals surface area contributed by atoms with Gasteiger partial charge < -0.3 is 5.32 Å². The third kappa shape index (κ3) is 2.76. The number of aromatic nitrogens is 4. The van der Waals surface area contributed by atoms with Crippen LogP contribution >= 0.6 is 0 Å². The second-order valence-corrected chi connectivity index (χ2v) is 4.43. The molecule has 1 saturated heterocycles. The van der Waals surface area contributed by atoms with Crippen LogP contribution in [-0.4, -0.2) is 50.4 Å². The Morgan fingerprint density at radius 3 is 3.16 bits per heavy atom. The third-order valence-corrected chi connectivity index (χ3v) is 2.95. The van der Waals surface area contributed by atoms with Gasteiger partial charge in [0.25, 0.3) is 0 Å². The van der Waals surface area contributed by atoms with E-state index in [1.807, 2.05) is 18.3 Å². The van der Waals surface area contributed by atoms with Crippen LogP contribution in [0.15, 0.2) is 30.7 Å². The van der Waals surface area contributed by atoms with Gasteiger partial charge in [-0.2, -0.15) is 0 Å². The number of hydrogen-bond donors (Lipinski definition) is 1. The van der Waals surface area contributed by atoms with E-state index in [0.717, 1.165) is 17.9 Å². The lowest BCUT2D eigenvalue weighted by molar-refractivity contribution is -0.124. The Kier molecular flexibility index (Phi) is 3.20. The summed E-state index contributed by atoms with van der Waals surface area (Å²) in [5.41, 5.74) is 1.72. The summed E-state index contributed by atoms with van der Waals surface area (Å²) in [6.45, 7) is 2.58. The topological polar surface area (TPSA) is 75.9 Å². The molecule has 1 N–H and O–H groups in total. The summed E-state index contributed by atoms with van der Waals surface area (Å²) in [6.07, 6.45) is 5.31.